The van der Waals surface area contributed by atoms with Gasteiger partial charge in [0, 0.05) is 36.0 Å². The minimum absolute atomic E-state index is 0.187. The molecule has 0 aliphatic rings. The van der Waals surface area contributed by atoms with Crippen molar-refractivity contribution in [3.63, 3.8) is 0 Å². The van der Waals surface area contributed by atoms with E-state index in [0.29, 0.717) is 33.7 Å². The van der Waals surface area contributed by atoms with Crippen LogP contribution in [0.15, 0.2) is 38.6 Å². The molecular formula is C18H18BrClN4O3. The zero-order valence-electron chi connectivity index (χ0n) is 14.8. The molecule has 0 fully saturated rings. The smallest absolute Gasteiger partial charge is 0.332 e. The Morgan fingerprint density at radius 2 is 2.00 bits per heavy atom. The van der Waals surface area contributed by atoms with Crippen LogP contribution in [0.3, 0.4) is 0 Å². The van der Waals surface area contributed by atoms with Gasteiger partial charge in [0.05, 0.1) is 16.1 Å². The highest BCUT2D eigenvalue weighted by Crippen LogP contribution is 2.31. The van der Waals surface area contributed by atoms with E-state index in [1.165, 1.54) is 21.5 Å². The van der Waals surface area contributed by atoms with Gasteiger partial charge in [-0.25, -0.2) is 9.78 Å². The molecule has 9 heteroatoms. The van der Waals surface area contributed by atoms with Crippen molar-refractivity contribution in [1.82, 2.24) is 19.1 Å². The number of halogens is 2. The summed E-state index contributed by atoms with van der Waals surface area (Å²) in [5, 5.41) is 11.5. The van der Waals surface area contributed by atoms with E-state index in [-0.39, 0.29) is 11.0 Å². The molecular weight excluding hydrogens is 436 g/mol. The molecule has 7 nitrogen and oxygen atoms in total. The summed E-state index contributed by atoms with van der Waals surface area (Å²) in [5.74, 6) is 0. The van der Waals surface area contributed by atoms with Gasteiger partial charge in [0.2, 0.25) is 0 Å². The Kier molecular flexibility index (Phi) is 5.78. The van der Waals surface area contributed by atoms with Crippen molar-refractivity contribution >= 4 is 38.6 Å². The maximum atomic E-state index is 13.1. The lowest BCUT2D eigenvalue weighted by Crippen LogP contribution is -2.40. The number of unbranched alkanes of at least 4 members (excludes halogenated alkanes) is 1. The maximum absolute atomic E-state index is 13.1. The number of hydrogen-bond donors (Lipinski definition) is 1. The predicted octanol–water partition coefficient (Wildman–Crippen LogP) is 2.79. The van der Waals surface area contributed by atoms with Crippen LogP contribution >= 0.6 is 27.5 Å². The number of pyridine rings is 2. The zero-order valence-corrected chi connectivity index (χ0v) is 17.2. The van der Waals surface area contributed by atoms with Crippen LogP contribution in [-0.2, 0) is 13.6 Å². The molecule has 3 rings (SSSR count). The largest absolute Gasteiger partial charge is 0.382 e. The van der Waals surface area contributed by atoms with Crippen LogP contribution in [0.1, 0.15) is 37.1 Å². The molecule has 0 radical (unpaired) electrons. The molecule has 3 aromatic heterocycles. The highest BCUT2D eigenvalue weighted by molar-refractivity contribution is 9.10. The Morgan fingerprint density at radius 3 is 2.63 bits per heavy atom. The fourth-order valence-corrected chi connectivity index (χ4v) is 3.56. The van der Waals surface area contributed by atoms with Crippen molar-refractivity contribution in [1.29, 1.82) is 0 Å². The molecule has 1 atom stereocenters. The van der Waals surface area contributed by atoms with Crippen molar-refractivity contribution in [3.8, 4) is 0 Å². The third kappa shape index (κ3) is 3.56. The topological polar surface area (TPSA) is 90.0 Å². The number of aliphatic hydroxyl groups excluding tert-OH is 1. The Bertz CT molecular complexity index is 1110. The van der Waals surface area contributed by atoms with Gasteiger partial charge < -0.3 is 5.11 Å². The van der Waals surface area contributed by atoms with Crippen molar-refractivity contribution in [3.05, 3.63) is 66.1 Å². The first-order valence-electron chi connectivity index (χ1n) is 8.44. The number of aromatic nitrogens is 4. The molecule has 1 N–H and O–H groups in total. The summed E-state index contributed by atoms with van der Waals surface area (Å²) in [6, 6.07) is 3.20. The fourth-order valence-electron chi connectivity index (χ4n) is 2.93. The Balaban J connectivity index is 2.33. The quantitative estimate of drug-likeness (QED) is 0.641. The Morgan fingerprint density at radius 1 is 1.26 bits per heavy atom. The number of aryl methyl sites for hydroxylation is 1. The van der Waals surface area contributed by atoms with Gasteiger partial charge in [-0.2, -0.15) is 0 Å². The number of rotatable bonds is 5. The van der Waals surface area contributed by atoms with E-state index in [9.17, 15) is 14.7 Å². The molecule has 1 unspecified atom stereocenters. The van der Waals surface area contributed by atoms with E-state index >= 15 is 0 Å². The molecule has 0 bridgehead atoms. The Hall–Kier alpha value is -2.03. The minimum Gasteiger partial charge on any atom is -0.382 e. The maximum Gasteiger partial charge on any atom is 0.332 e. The third-order valence-electron chi connectivity index (χ3n) is 4.38. The highest BCUT2D eigenvalue weighted by atomic mass is 79.9. The van der Waals surface area contributed by atoms with E-state index in [4.69, 9.17) is 11.6 Å². The monoisotopic (exact) mass is 452 g/mol. The van der Waals surface area contributed by atoms with Crippen molar-refractivity contribution < 1.29 is 5.11 Å². The number of fused-ring (bicyclic) bond motifs is 1. The van der Waals surface area contributed by atoms with Gasteiger partial charge in [0.15, 0.2) is 0 Å². The second kappa shape index (κ2) is 7.92. The molecule has 142 valence electrons. The van der Waals surface area contributed by atoms with Gasteiger partial charge in [-0.05, 0) is 34.5 Å². The van der Waals surface area contributed by atoms with Gasteiger partial charge in [-0.15, -0.1) is 0 Å². The lowest BCUT2D eigenvalue weighted by Gasteiger charge is -2.17. The SMILES string of the molecule is CCCCn1c(=O)c2c(C(O)c3ccc(Cl)cn3)c(Br)cnc2n(C)c1=O. The summed E-state index contributed by atoms with van der Waals surface area (Å²) in [6.07, 6.45) is 3.23. The van der Waals surface area contributed by atoms with Crippen molar-refractivity contribution in [2.24, 2.45) is 7.05 Å². The minimum atomic E-state index is -1.19. The normalized spacial score (nSPS) is 12.5. The molecule has 0 aromatic carbocycles. The first kappa shape index (κ1) is 19.7. The van der Waals surface area contributed by atoms with Crippen LogP contribution in [0.4, 0.5) is 0 Å². The van der Waals surface area contributed by atoms with E-state index in [2.05, 4.69) is 25.9 Å². The summed E-state index contributed by atoms with van der Waals surface area (Å²) >= 11 is 9.24. The van der Waals surface area contributed by atoms with E-state index in [1.54, 1.807) is 19.2 Å². The zero-order chi connectivity index (χ0) is 19.7. The lowest BCUT2D eigenvalue weighted by atomic mass is 10.0. The second-order valence-electron chi connectivity index (χ2n) is 6.17. The van der Waals surface area contributed by atoms with Gasteiger partial charge in [-0.1, -0.05) is 24.9 Å². The van der Waals surface area contributed by atoms with Gasteiger partial charge in [0.25, 0.3) is 5.56 Å². The van der Waals surface area contributed by atoms with Crippen molar-refractivity contribution in [2.45, 2.75) is 32.4 Å². The summed E-state index contributed by atoms with van der Waals surface area (Å²) in [6.45, 7) is 2.29. The number of nitrogens with zero attached hydrogens (tertiary/aromatic N) is 4. The first-order valence-corrected chi connectivity index (χ1v) is 9.61. The van der Waals surface area contributed by atoms with Gasteiger partial charge >= 0.3 is 5.69 Å². The predicted molar refractivity (Wildman–Crippen MR) is 107 cm³/mol. The number of aliphatic hydroxyl groups is 1. The van der Waals surface area contributed by atoms with Crippen LogP contribution in [0.25, 0.3) is 11.0 Å². The fraction of sp³-hybridized carbons (Fsp3) is 0.333. The molecule has 0 aliphatic heterocycles. The van der Waals surface area contributed by atoms with Gasteiger partial charge in [-0.3, -0.25) is 18.9 Å². The summed E-state index contributed by atoms with van der Waals surface area (Å²) < 4.78 is 2.97. The van der Waals surface area contributed by atoms with Gasteiger partial charge in [0.1, 0.15) is 11.8 Å². The van der Waals surface area contributed by atoms with Crippen molar-refractivity contribution in [2.75, 3.05) is 0 Å². The van der Waals surface area contributed by atoms with Crippen LogP contribution in [0.2, 0.25) is 5.02 Å². The lowest BCUT2D eigenvalue weighted by molar-refractivity contribution is 0.216. The molecule has 0 spiro atoms. The molecule has 3 heterocycles. The van der Waals surface area contributed by atoms with Crippen LogP contribution in [-0.4, -0.2) is 24.2 Å². The number of hydrogen-bond acceptors (Lipinski definition) is 5. The average molecular weight is 454 g/mol. The molecule has 0 saturated heterocycles. The molecule has 27 heavy (non-hydrogen) atoms. The van der Waals surface area contributed by atoms with Crippen LogP contribution in [0, 0.1) is 0 Å². The summed E-state index contributed by atoms with van der Waals surface area (Å²) in [4.78, 5) is 34.0. The highest BCUT2D eigenvalue weighted by Gasteiger charge is 2.24. The third-order valence-corrected chi connectivity index (χ3v) is 5.24. The van der Waals surface area contributed by atoms with Crippen LogP contribution in [0.5, 0.6) is 0 Å². The molecule has 0 aliphatic carbocycles. The molecule has 0 amide bonds. The summed E-state index contributed by atoms with van der Waals surface area (Å²) in [5.41, 5.74) is -0.0372. The van der Waals surface area contributed by atoms with E-state index in [1.807, 2.05) is 6.92 Å². The average Bonchev–Trinajstić information content (AvgIpc) is 2.66. The van der Waals surface area contributed by atoms with E-state index in [0.717, 1.165) is 6.42 Å². The van der Waals surface area contributed by atoms with Crippen LogP contribution < -0.4 is 11.2 Å². The van der Waals surface area contributed by atoms with E-state index < -0.39 is 17.4 Å². The second-order valence-corrected chi connectivity index (χ2v) is 7.46. The standard InChI is InChI=1S/C18H18BrClN4O3/c1-3-4-7-24-17(26)14-13(15(25)12-6-5-10(20)8-21-12)11(19)9-22-16(14)23(2)18(24)27/h5-6,8-9,15,25H,3-4,7H2,1-2H3. The molecule has 3 aromatic rings. The molecule has 0 saturated carbocycles. The summed E-state index contributed by atoms with van der Waals surface area (Å²) in [7, 11) is 1.56. The Labute approximate surface area is 168 Å². The first-order chi connectivity index (χ1) is 12.9.